The van der Waals surface area contributed by atoms with Gasteiger partial charge in [0.05, 0.1) is 12.5 Å². The van der Waals surface area contributed by atoms with E-state index in [1.807, 2.05) is 0 Å². The number of nitrogens with zero attached hydrogens (tertiary/aromatic N) is 1. The smallest absolute Gasteiger partial charge is 0.326 e. The van der Waals surface area contributed by atoms with Crippen molar-refractivity contribution < 1.29 is 33.9 Å². The van der Waals surface area contributed by atoms with Gasteiger partial charge in [-0.2, -0.15) is 0 Å². The maximum Gasteiger partial charge on any atom is 0.326 e. The summed E-state index contributed by atoms with van der Waals surface area (Å²) in [5.41, 5.74) is 26.4. The molecule has 0 fully saturated rings. The van der Waals surface area contributed by atoms with Crippen LogP contribution < -0.4 is 44.6 Å². The van der Waals surface area contributed by atoms with Crippen LogP contribution in [-0.2, 0) is 28.8 Å². The Balaban J connectivity index is 5.48. The lowest BCUT2D eigenvalue weighted by molar-refractivity contribution is -0.142. The Kier molecular flexibility index (Phi) is 14.9. The van der Waals surface area contributed by atoms with Crippen LogP contribution in [0.3, 0.4) is 0 Å². The van der Waals surface area contributed by atoms with Crippen molar-refractivity contribution in [3.63, 3.8) is 0 Å². The van der Waals surface area contributed by atoms with Gasteiger partial charge in [0.15, 0.2) is 5.96 Å². The van der Waals surface area contributed by atoms with E-state index in [2.05, 4.69) is 20.9 Å². The van der Waals surface area contributed by atoms with Crippen molar-refractivity contribution in [3.05, 3.63) is 0 Å². The van der Waals surface area contributed by atoms with E-state index in [0.717, 1.165) is 0 Å². The number of carbonyl (C=O) groups is 6. The summed E-state index contributed by atoms with van der Waals surface area (Å²) < 4.78 is 0. The fraction of sp³-hybridized carbons (Fsp3) is 0.667. The molecule has 0 rings (SSSR count). The molecule has 37 heavy (non-hydrogen) atoms. The fourth-order valence-electron chi connectivity index (χ4n) is 3.13. The van der Waals surface area contributed by atoms with Crippen LogP contribution in [0, 0.1) is 5.92 Å². The van der Waals surface area contributed by atoms with Gasteiger partial charge in [-0.05, 0) is 31.6 Å². The number of nitrogens with two attached hydrogens (primary N) is 5. The van der Waals surface area contributed by atoms with E-state index in [9.17, 15) is 33.9 Å². The lowest BCUT2D eigenvalue weighted by atomic mass is 10.0. The second kappa shape index (κ2) is 16.7. The Morgan fingerprint density at radius 2 is 1.32 bits per heavy atom. The standard InChI is InChI=1S/C21H39N9O7/c1-10(2)8-13(18(34)28-12(20(36)37)4-3-7-27-21(25)26)30-19(35)14(9-16(24)32)29-17(33)11(22)5-6-15(23)31/h10-14H,3-9,22H2,1-2H3,(H2,23,31)(H2,24,32)(H,28,34)(H,29,33)(H,30,35)(H,36,37)(H4,25,26,27). The number of guanidine groups is 1. The first-order chi connectivity index (χ1) is 17.1. The second-order valence-corrected chi connectivity index (χ2v) is 8.88. The third kappa shape index (κ3) is 14.9. The summed E-state index contributed by atoms with van der Waals surface area (Å²) in [6.45, 7) is 3.71. The van der Waals surface area contributed by atoms with Crippen molar-refractivity contribution in [2.24, 2.45) is 39.6 Å². The summed E-state index contributed by atoms with van der Waals surface area (Å²) in [6, 6.07) is -5.14. The van der Waals surface area contributed by atoms with Crippen molar-refractivity contribution in [3.8, 4) is 0 Å². The highest BCUT2D eigenvalue weighted by molar-refractivity contribution is 5.96. The number of aliphatic carboxylic acids is 1. The van der Waals surface area contributed by atoms with Gasteiger partial charge in [-0.15, -0.1) is 0 Å². The first-order valence-electron chi connectivity index (χ1n) is 11.6. The molecular formula is C21H39N9O7. The summed E-state index contributed by atoms with van der Waals surface area (Å²) in [7, 11) is 0. The molecule has 0 aromatic carbocycles. The van der Waals surface area contributed by atoms with Crippen LogP contribution in [0.5, 0.6) is 0 Å². The van der Waals surface area contributed by atoms with Crippen molar-refractivity contribution in [1.82, 2.24) is 16.0 Å². The van der Waals surface area contributed by atoms with Gasteiger partial charge in [-0.25, -0.2) is 4.79 Å². The van der Waals surface area contributed by atoms with Gasteiger partial charge in [-0.1, -0.05) is 13.8 Å². The Morgan fingerprint density at radius 3 is 1.81 bits per heavy atom. The minimum atomic E-state index is -1.47. The van der Waals surface area contributed by atoms with E-state index in [1.54, 1.807) is 13.8 Å². The molecule has 14 N–H and O–H groups in total. The van der Waals surface area contributed by atoms with Crippen LogP contribution in [0.4, 0.5) is 0 Å². The van der Waals surface area contributed by atoms with E-state index in [1.165, 1.54) is 0 Å². The molecule has 0 aromatic rings. The van der Waals surface area contributed by atoms with Crippen molar-refractivity contribution in [2.45, 2.75) is 76.5 Å². The number of rotatable bonds is 18. The number of primary amides is 2. The minimum absolute atomic E-state index is 0.0176. The van der Waals surface area contributed by atoms with Crippen LogP contribution in [0.2, 0.25) is 0 Å². The van der Waals surface area contributed by atoms with Crippen LogP contribution in [0.15, 0.2) is 4.99 Å². The third-order valence-corrected chi connectivity index (χ3v) is 4.98. The van der Waals surface area contributed by atoms with Crippen LogP contribution in [-0.4, -0.2) is 77.3 Å². The fourth-order valence-corrected chi connectivity index (χ4v) is 3.13. The summed E-state index contributed by atoms with van der Waals surface area (Å²) >= 11 is 0. The number of hydrogen-bond acceptors (Lipinski definition) is 8. The van der Waals surface area contributed by atoms with Crippen molar-refractivity contribution in [1.29, 1.82) is 0 Å². The zero-order valence-electron chi connectivity index (χ0n) is 21.1. The normalized spacial score (nSPS) is 13.9. The molecule has 4 unspecified atom stereocenters. The summed E-state index contributed by atoms with van der Waals surface area (Å²) in [5, 5.41) is 16.6. The number of nitrogens with one attached hydrogen (secondary N) is 3. The van der Waals surface area contributed by atoms with E-state index in [0.29, 0.717) is 0 Å². The third-order valence-electron chi connectivity index (χ3n) is 4.98. The molecule has 0 heterocycles. The minimum Gasteiger partial charge on any atom is -0.480 e. The molecule has 0 radical (unpaired) electrons. The molecule has 0 aromatic heterocycles. The van der Waals surface area contributed by atoms with E-state index < -0.39 is 66.1 Å². The predicted molar refractivity (Wildman–Crippen MR) is 133 cm³/mol. The van der Waals surface area contributed by atoms with Gasteiger partial charge in [0.2, 0.25) is 29.5 Å². The molecule has 0 aliphatic heterocycles. The van der Waals surface area contributed by atoms with E-state index >= 15 is 0 Å². The first kappa shape index (κ1) is 33.0. The average Bonchev–Trinajstić information content (AvgIpc) is 2.77. The van der Waals surface area contributed by atoms with Gasteiger partial charge in [-0.3, -0.25) is 29.0 Å². The first-order valence-corrected chi connectivity index (χ1v) is 11.6. The molecule has 0 bridgehead atoms. The highest BCUT2D eigenvalue weighted by Gasteiger charge is 2.31. The quantitative estimate of drug-likeness (QED) is 0.0472. The maximum absolute atomic E-state index is 12.9. The van der Waals surface area contributed by atoms with E-state index in [-0.39, 0.29) is 50.5 Å². The predicted octanol–water partition coefficient (Wildman–Crippen LogP) is -3.91. The van der Waals surface area contributed by atoms with Gasteiger partial charge in [0, 0.05) is 13.0 Å². The lowest BCUT2D eigenvalue weighted by Gasteiger charge is -2.25. The molecule has 5 amide bonds. The molecule has 0 aliphatic rings. The van der Waals surface area contributed by atoms with Gasteiger partial charge in [0.25, 0.3) is 0 Å². The monoisotopic (exact) mass is 529 g/mol. The molecule has 0 saturated carbocycles. The van der Waals surface area contributed by atoms with Crippen LogP contribution in [0.1, 0.15) is 52.4 Å². The Morgan fingerprint density at radius 1 is 0.784 bits per heavy atom. The Bertz CT molecular complexity index is 859. The molecule has 16 nitrogen and oxygen atoms in total. The molecule has 0 saturated heterocycles. The van der Waals surface area contributed by atoms with Crippen molar-refractivity contribution >= 4 is 41.5 Å². The highest BCUT2D eigenvalue weighted by Crippen LogP contribution is 2.08. The van der Waals surface area contributed by atoms with E-state index in [4.69, 9.17) is 28.7 Å². The molecule has 210 valence electrons. The second-order valence-electron chi connectivity index (χ2n) is 8.88. The topological polar surface area (TPSA) is 301 Å². The van der Waals surface area contributed by atoms with Crippen LogP contribution in [0.25, 0.3) is 0 Å². The van der Waals surface area contributed by atoms with Gasteiger partial charge in [0.1, 0.15) is 18.1 Å². The molecule has 4 atom stereocenters. The molecular weight excluding hydrogens is 490 g/mol. The maximum atomic E-state index is 12.9. The van der Waals surface area contributed by atoms with Gasteiger partial charge >= 0.3 is 5.97 Å². The number of carbonyl (C=O) groups excluding carboxylic acids is 5. The summed E-state index contributed by atoms with van der Waals surface area (Å²) in [5.74, 6) is -5.66. The largest absolute Gasteiger partial charge is 0.480 e. The number of aliphatic imine (C=N–C) groups is 1. The molecule has 16 heteroatoms. The lowest BCUT2D eigenvalue weighted by Crippen LogP contribution is -2.58. The number of hydrogen-bond donors (Lipinski definition) is 9. The van der Waals surface area contributed by atoms with Crippen LogP contribution >= 0.6 is 0 Å². The average molecular weight is 530 g/mol. The van der Waals surface area contributed by atoms with Crippen molar-refractivity contribution in [2.75, 3.05) is 6.54 Å². The highest BCUT2D eigenvalue weighted by atomic mass is 16.4. The zero-order valence-corrected chi connectivity index (χ0v) is 21.1. The zero-order chi connectivity index (χ0) is 28.7. The Hall–Kier alpha value is -3.95. The molecule has 0 spiro atoms. The summed E-state index contributed by atoms with van der Waals surface area (Å²) in [6.07, 6.45) is -0.465. The Labute approximate surface area is 214 Å². The molecule has 0 aliphatic carbocycles. The summed E-state index contributed by atoms with van der Waals surface area (Å²) in [4.78, 5) is 75.9. The number of carboxylic acids is 1. The SMILES string of the molecule is CC(C)CC(NC(=O)C(CC(N)=O)NC(=O)C(N)CCC(N)=O)C(=O)NC(CCCN=C(N)N)C(=O)O. The number of amides is 5. The van der Waals surface area contributed by atoms with Gasteiger partial charge < -0.3 is 49.7 Å². The number of carboxylic acid groups (broad SMARTS) is 1.